The molecule has 5 rings (SSSR count). The average Bonchev–Trinajstić information content (AvgIpc) is 3.01. The lowest BCUT2D eigenvalue weighted by atomic mass is 10.0. The fourth-order valence-electron chi connectivity index (χ4n) is 4.21. The van der Waals surface area contributed by atoms with Gasteiger partial charge in [0, 0.05) is 24.5 Å². The van der Waals surface area contributed by atoms with E-state index >= 15 is 0 Å². The van der Waals surface area contributed by atoms with Gasteiger partial charge in [-0.05, 0) is 42.9 Å². The molecule has 3 atom stereocenters. The highest BCUT2D eigenvalue weighted by Crippen LogP contribution is 2.51. The van der Waals surface area contributed by atoms with Crippen LogP contribution < -0.4 is 0 Å². The molecule has 1 aromatic carbocycles. The van der Waals surface area contributed by atoms with Gasteiger partial charge in [0.15, 0.2) is 5.82 Å². The van der Waals surface area contributed by atoms with Crippen molar-refractivity contribution >= 4 is 20.9 Å². The summed E-state index contributed by atoms with van der Waals surface area (Å²) >= 11 is 0. The van der Waals surface area contributed by atoms with E-state index in [9.17, 15) is 18.1 Å². The van der Waals surface area contributed by atoms with Gasteiger partial charge in [-0.25, -0.2) is 17.8 Å². The van der Waals surface area contributed by atoms with Crippen molar-refractivity contribution in [2.24, 2.45) is 18.9 Å². The van der Waals surface area contributed by atoms with Crippen LogP contribution in [-0.4, -0.2) is 45.1 Å². The minimum Gasteiger partial charge on any atom is -0.342 e. The largest absolute Gasteiger partial charge is 0.342 e. The van der Waals surface area contributed by atoms with Gasteiger partial charge in [-0.2, -0.15) is 14.7 Å². The molecule has 0 amide bonds. The molecule has 144 valence electrons. The Bertz CT molecular complexity index is 1270. The summed E-state index contributed by atoms with van der Waals surface area (Å²) in [4.78, 5) is 6.95. The number of fused-ring (bicyclic) bond motifs is 2. The zero-order valence-corrected chi connectivity index (χ0v) is 16.0. The maximum absolute atomic E-state index is 14.6. The number of aryl methyl sites for hydroxylation is 2. The van der Waals surface area contributed by atoms with Gasteiger partial charge in [0.25, 0.3) is 10.0 Å². The Labute approximate surface area is 160 Å². The van der Waals surface area contributed by atoms with E-state index in [1.165, 1.54) is 27.4 Å². The molecule has 28 heavy (non-hydrogen) atoms. The van der Waals surface area contributed by atoms with Gasteiger partial charge in [-0.15, -0.1) is 0 Å². The third-order valence-corrected chi connectivity index (χ3v) is 7.46. The van der Waals surface area contributed by atoms with Crippen molar-refractivity contribution in [2.75, 3.05) is 6.54 Å². The van der Waals surface area contributed by atoms with Crippen LogP contribution in [0.1, 0.15) is 12.0 Å². The monoisotopic (exact) mass is 400 g/mol. The van der Waals surface area contributed by atoms with E-state index in [4.69, 9.17) is 0 Å². The van der Waals surface area contributed by atoms with Crippen molar-refractivity contribution in [3.05, 3.63) is 29.8 Å². The molecule has 0 bridgehead atoms. The first-order valence-electron chi connectivity index (χ1n) is 8.90. The molecule has 0 unspecified atom stereocenters. The van der Waals surface area contributed by atoms with Gasteiger partial charge in [0.2, 0.25) is 0 Å². The fourth-order valence-corrected chi connectivity index (χ4v) is 5.85. The van der Waals surface area contributed by atoms with Gasteiger partial charge < -0.3 is 4.98 Å². The van der Waals surface area contributed by atoms with Crippen molar-refractivity contribution in [3.8, 4) is 17.5 Å². The molecule has 1 saturated heterocycles. The summed E-state index contributed by atoms with van der Waals surface area (Å²) in [6.07, 6.45) is 2.42. The molecular weight excluding hydrogens is 383 g/mol. The van der Waals surface area contributed by atoms with E-state index in [2.05, 4.69) is 21.1 Å². The van der Waals surface area contributed by atoms with Crippen molar-refractivity contribution in [1.82, 2.24) is 24.1 Å². The number of halogens is 1. The van der Waals surface area contributed by atoms with E-state index in [-0.39, 0.29) is 22.4 Å². The molecule has 3 aromatic rings. The highest BCUT2D eigenvalue weighted by Gasteiger charge is 2.56. The molecule has 2 fully saturated rings. The van der Waals surface area contributed by atoms with Gasteiger partial charge >= 0.3 is 0 Å². The first kappa shape index (κ1) is 17.3. The molecule has 2 aliphatic rings. The van der Waals surface area contributed by atoms with Crippen molar-refractivity contribution < 1.29 is 12.8 Å². The number of rotatable bonds is 3. The number of nitrogens with one attached hydrogen (secondary N) is 1. The Morgan fingerprint density at radius 2 is 2.18 bits per heavy atom. The molecule has 1 aliphatic heterocycles. The van der Waals surface area contributed by atoms with E-state index in [0.717, 1.165) is 6.42 Å². The van der Waals surface area contributed by atoms with Crippen molar-refractivity contribution in [1.29, 1.82) is 5.26 Å². The predicted octanol–water partition coefficient (Wildman–Crippen LogP) is 1.94. The molecule has 0 spiro atoms. The Morgan fingerprint density at radius 3 is 2.86 bits per heavy atom. The molecule has 1 aliphatic carbocycles. The number of hydrogen-bond donors (Lipinski definition) is 1. The predicted molar refractivity (Wildman–Crippen MR) is 97.9 cm³/mol. The Kier molecular flexibility index (Phi) is 3.48. The molecule has 2 aromatic heterocycles. The smallest absolute Gasteiger partial charge is 0.259 e. The average molecular weight is 400 g/mol. The van der Waals surface area contributed by atoms with Crippen LogP contribution in [0.25, 0.3) is 22.3 Å². The molecule has 1 N–H and O–H groups in total. The summed E-state index contributed by atoms with van der Waals surface area (Å²) in [5.74, 6) is 0.201. The number of H-pyrrole nitrogens is 1. The first-order chi connectivity index (χ1) is 13.3. The lowest BCUT2D eigenvalue weighted by Gasteiger charge is -2.20. The highest BCUT2D eigenvalue weighted by atomic mass is 32.2. The molecule has 10 heteroatoms. The van der Waals surface area contributed by atoms with E-state index in [0.29, 0.717) is 28.9 Å². The van der Waals surface area contributed by atoms with Gasteiger partial charge in [-0.1, -0.05) is 0 Å². The van der Waals surface area contributed by atoms with Crippen molar-refractivity contribution in [3.63, 3.8) is 0 Å². The van der Waals surface area contributed by atoms with E-state index in [1.807, 2.05) is 0 Å². The van der Waals surface area contributed by atoms with Crippen LogP contribution in [0.15, 0.2) is 23.5 Å². The maximum atomic E-state index is 14.6. The van der Waals surface area contributed by atoms with Crippen LogP contribution in [0.3, 0.4) is 0 Å². The number of hydrogen-bond acceptors (Lipinski definition) is 5. The molecule has 3 heterocycles. The summed E-state index contributed by atoms with van der Waals surface area (Å²) in [6, 6.07) is 4.21. The molecule has 1 saturated carbocycles. The second kappa shape index (κ2) is 5.62. The Hall–Kier alpha value is -2.77. The fraction of sp³-hybridized carbons (Fsp3) is 0.389. The normalized spacial score (nSPS) is 24.4. The maximum Gasteiger partial charge on any atom is 0.259 e. The minimum absolute atomic E-state index is 0.0875. The number of aromatic nitrogens is 4. The zero-order chi connectivity index (χ0) is 19.8. The number of nitriles is 1. The quantitative estimate of drug-likeness (QED) is 0.723. The minimum atomic E-state index is -3.95. The number of benzene rings is 1. The van der Waals surface area contributed by atoms with Crippen LogP contribution in [0.2, 0.25) is 0 Å². The first-order valence-corrected chi connectivity index (χ1v) is 10.3. The topological polar surface area (TPSA) is 108 Å². The second-order valence-corrected chi connectivity index (χ2v) is 9.38. The van der Waals surface area contributed by atoms with E-state index < -0.39 is 21.9 Å². The van der Waals surface area contributed by atoms with Crippen LogP contribution in [0, 0.1) is 35.9 Å². The summed E-state index contributed by atoms with van der Waals surface area (Å²) in [7, 11) is -2.22. The third-order valence-electron chi connectivity index (χ3n) is 5.69. The Balaban J connectivity index is 1.68. The van der Waals surface area contributed by atoms with Gasteiger partial charge in [0.1, 0.15) is 23.2 Å². The van der Waals surface area contributed by atoms with Crippen molar-refractivity contribution in [2.45, 2.75) is 24.4 Å². The third kappa shape index (κ3) is 2.33. The SMILES string of the molecule is Cc1cc(F)c2[nH]c(S(=O)(=O)N3C[C@H]4C[C@H]4[C@@H]3C#N)cc2c1-c1ncn(C)n1. The summed E-state index contributed by atoms with van der Waals surface area (Å²) in [6.45, 7) is 2.06. The van der Waals surface area contributed by atoms with Crippen LogP contribution >= 0.6 is 0 Å². The molecular formula is C18H17FN6O2S. The van der Waals surface area contributed by atoms with Crippen LogP contribution in [-0.2, 0) is 17.1 Å². The molecule has 8 nitrogen and oxygen atoms in total. The lowest BCUT2D eigenvalue weighted by Crippen LogP contribution is -2.37. The standard InChI is InChI=1S/C18H17FN6O2S/c1-9-3-13(19)17-12(16(9)18-21-8-24(2)23-18)5-15(22-17)28(26,27)25-7-10-4-11(10)14(25)6-20/h3,5,8,10-11,14,22H,4,7H2,1-2H3/t10-,11-,14+/m1/s1. The summed E-state index contributed by atoms with van der Waals surface area (Å²) in [5.41, 5.74) is 1.27. The number of sulfonamides is 1. The number of nitrogens with zero attached hydrogens (tertiary/aromatic N) is 5. The zero-order valence-electron chi connectivity index (χ0n) is 15.2. The van der Waals surface area contributed by atoms with Crippen LogP contribution in [0.4, 0.5) is 4.39 Å². The van der Waals surface area contributed by atoms with E-state index in [1.54, 1.807) is 14.0 Å². The summed E-state index contributed by atoms with van der Waals surface area (Å²) < 4.78 is 43.7. The second-order valence-electron chi connectivity index (χ2n) is 7.52. The van der Waals surface area contributed by atoms with Crippen LogP contribution in [0.5, 0.6) is 0 Å². The summed E-state index contributed by atoms with van der Waals surface area (Å²) in [5, 5.41) is 14.0. The van der Waals surface area contributed by atoms with Gasteiger partial charge in [0.05, 0.1) is 11.6 Å². The Morgan fingerprint density at radius 1 is 1.39 bits per heavy atom. The molecule has 0 radical (unpaired) electrons. The highest BCUT2D eigenvalue weighted by molar-refractivity contribution is 7.89. The number of aromatic amines is 1. The number of piperidine rings is 1. The van der Waals surface area contributed by atoms with Gasteiger partial charge in [-0.3, -0.25) is 4.68 Å². The lowest BCUT2D eigenvalue weighted by molar-refractivity contribution is 0.394.